The summed E-state index contributed by atoms with van der Waals surface area (Å²) in [5.41, 5.74) is 0. The lowest BCUT2D eigenvalue weighted by atomic mass is 10.1. The largest absolute Gasteiger partial charge is 0.382 e. The lowest BCUT2D eigenvalue weighted by molar-refractivity contribution is 0.103. The Morgan fingerprint density at radius 1 is 1.00 bits per heavy atom. The lowest BCUT2D eigenvalue weighted by Crippen LogP contribution is -2.22. The Hall–Kier alpha value is -0.120. The molecule has 0 radical (unpaired) electrons. The predicted molar refractivity (Wildman–Crippen MR) is 73.5 cm³/mol. The monoisotopic (exact) mass is 245 g/mol. The van der Waals surface area contributed by atoms with E-state index in [1.54, 1.807) is 0 Å². The summed E-state index contributed by atoms with van der Waals surface area (Å²) in [5, 5.41) is 3.39. The van der Waals surface area contributed by atoms with Crippen LogP contribution in [0.5, 0.6) is 0 Å². The first-order valence-corrected chi connectivity index (χ1v) is 7.17. The minimum atomic E-state index is 0.700. The number of nitrogens with one attached hydrogen (secondary N) is 1. The average molecular weight is 245 g/mol. The van der Waals surface area contributed by atoms with E-state index in [2.05, 4.69) is 19.2 Å². The van der Waals surface area contributed by atoms with Gasteiger partial charge in [0.05, 0.1) is 6.61 Å². The number of hydrogen-bond donors (Lipinski definition) is 1. The van der Waals surface area contributed by atoms with E-state index < -0.39 is 0 Å². The van der Waals surface area contributed by atoms with Gasteiger partial charge in [-0.05, 0) is 38.6 Å². The van der Waals surface area contributed by atoms with Crippen molar-refractivity contribution in [2.75, 3.05) is 39.5 Å². The second-order valence-electron chi connectivity index (χ2n) is 4.62. The molecule has 3 heteroatoms. The third kappa shape index (κ3) is 13.8. The molecule has 0 aromatic rings. The van der Waals surface area contributed by atoms with Crippen molar-refractivity contribution in [2.45, 2.75) is 46.5 Å². The van der Waals surface area contributed by atoms with Gasteiger partial charge in [-0.3, -0.25) is 0 Å². The van der Waals surface area contributed by atoms with E-state index in [9.17, 15) is 0 Å². The first-order chi connectivity index (χ1) is 8.31. The fraction of sp³-hybridized carbons (Fsp3) is 1.00. The molecule has 0 aliphatic carbocycles. The first kappa shape index (κ1) is 16.9. The average Bonchev–Trinajstić information content (AvgIpc) is 2.32. The molecule has 0 spiro atoms. The van der Waals surface area contributed by atoms with Gasteiger partial charge in [-0.25, -0.2) is 0 Å². The zero-order valence-corrected chi connectivity index (χ0v) is 12.0. The van der Waals surface area contributed by atoms with Gasteiger partial charge in [0.2, 0.25) is 0 Å². The quantitative estimate of drug-likeness (QED) is 0.506. The minimum Gasteiger partial charge on any atom is -0.382 e. The Labute approximate surface area is 107 Å². The van der Waals surface area contributed by atoms with E-state index in [0.717, 1.165) is 45.9 Å². The van der Waals surface area contributed by atoms with Crippen LogP contribution < -0.4 is 5.32 Å². The van der Waals surface area contributed by atoms with Gasteiger partial charge in [0, 0.05) is 26.4 Å². The Kier molecular flexibility index (Phi) is 13.8. The van der Waals surface area contributed by atoms with Crippen LogP contribution in [0.15, 0.2) is 0 Å². The molecule has 0 amide bonds. The van der Waals surface area contributed by atoms with Crippen molar-refractivity contribution in [3.05, 3.63) is 0 Å². The van der Waals surface area contributed by atoms with Crippen LogP contribution in [0, 0.1) is 5.92 Å². The fourth-order valence-corrected chi connectivity index (χ4v) is 1.73. The van der Waals surface area contributed by atoms with Gasteiger partial charge in [-0.1, -0.05) is 20.3 Å². The highest BCUT2D eigenvalue weighted by Gasteiger charge is 1.99. The van der Waals surface area contributed by atoms with E-state index in [1.165, 1.54) is 19.3 Å². The SMILES string of the molecule is CCCC(C)COCCNCCCCOCC. The number of rotatable bonds is 13. The van der Waals surface area contributed by atoms with Crippen LogP contribution in [0.1, 0.15) is 46.5 Å². The van der Waals surface area contributed by atoms with E-state index in [4.69, 9.17) is 9.47 Å². The Morgan fingerprint density at radius 2 is 1.82 bits per heavy atom. The summed E-state index contributed by atoms with van der Waals surface area (Å²) in [7, 11) is 0. The molecule has 0 bridgehead atoms. The molecule has 0 saturated carbocycles. The summed E-state index contributed by atoms with van der Waals surface area (Å²) < 4.78 is 10.9. The molecular weight excluding hydrogens is 214 g/mol. The van der Waals surface area contributed by atoms with Crippen molar-refractivity contribution in [1.82, 2.24) is 5.32 Å². The van der Waals surface area contributed by atoms with E-state index in [0.29, 0.717) is 5.92 Å². The summed E-state index contributed by atoms with van der Waals surface area (Å²) in [6.07, 6.45) is 4.86. The third-order valence-corrected chi connectivity index (χ3v) is 2.70. The summed E-state index contributed by atoms with van der Waals surface area (Å²) >= 11 is 0. The molecule has 0 heterocycles. The number of unbranched alkanes of at least 4 members (excludes halogenated alkanes) is 1. The molecule has 0 aliphatic rings. The molecule has 3 nitrogen and oxygen atoms in total. The second kappa shape index (κ2) is 13.9. The highest BCUT2D eigenvalue weighted by molar-refractivity contribution is 4.51. The lowest BCUT2D eigenvalue weighted by Gasteiger charge is -2.11. The molecule has 0 aliphatic heterocycles. The van der Waals surface area contributed by atoms with Crippen LogP contribution in [-0.2, 0) is 9.47 Å². The summed E-state index contributed by atoms with van der Waals surface area (Å²) in [6.45, 7) is 12.0. The summed E-state index contributed by atoms with van der Waals surface area (Å²) in [6, 6.07) is 0. The smallest absolute Gasteiger partial charge is 0.0591 e. The topological polar surface area (TPSA) is 30.5 Å². The van der Waals surface area contributed by atoms with Crippen molar-refractivity contribution < 1.29 is 9.47 Å². The molecule has 0 saturated heterocycles. The Balaban J connectivity index is 2.98. The Morgan fingerprint density at radius 3 is 2.53 bits per heavy atom. The molecule has 17 heavy (non-hydrogen) atoms. The van der Waals surface area contributed by atoms with Gasteiger partial charge in [0.15, 0.2) is 0 Å². The standard InChI is InChI=1S/C14H31NO2/c1-4-8-14(3)13-17-12-10-15-9-6-7-11-16-5-2/h14-15H,4-13H2,1-3H3. The van der Waals surface area contributed by atoms with Crippen molar-refractivity contribution in [2.24, 2.45) is 5.92 Å². The van der Waals surface area contributed by atoms with Crippen LogP contribution in [0.25, 0.3) is 0 Å². The van der Waals surface area contributed by atoms with Gasteiger partial charge >= 0.3 is 0 Å². The van der Waals surface area contributed by atoms with Crippen molar-refractivity contribution >= 4 is 0 Å². The summed E-state index contributed by atoms with van der Waals surface area (Å²) in [4.78, 5) is 0. The third-order valence-electron chi connectivity index (χ3n) is 2.70. The first-order valence-electron chi connectivity index (χ1n) is 7.17. The van der Waals surface area contributed by atoms with Crippen LogP contribution in [-0.4, -0.2) is 39.5 Å². The zero-order valence-electron chi connectivity index (χ0n) is 12.0. The molecule has 0 aromatic heterocycles. The second-order valence-corrected chi connectivity index (χ2v) is 4.62. The molecule has 0 fully saturated rings. The molecule has 0 aromatic carbocycles. The van der Waals surface area contributed by atoms with Crippen molar-refractivity contribution in [3.63, 3.8) is 0 Å². The van der Waals surface area contributed by atoms with Gasteiger partial charge in [0.25, 0.3) is 0 Å². The van der Waals surface area contributed by atoms with E-state index >= 15 is 0 Å². The van der Waals surface area contributed by atoms with E-state index in [1.807, 2.05) is 6.92 Å². The summed E-state index contributed by atoms with van der Waals surface area (Å²) in [5.74, 6) is 0.700. The minimum absolute atomic E-state index is 0.700. The molecule has 1 atom stereocenters. The molecular formula is C14H31NO2. The van der Waals surface area contributed by atoms with Gasteiger partial charge in [-0.15, -0.1) is 0 Å². The van der Waals surface area contributed by atoms with Crippen LogP contribution in [0.3, 0.4) is 0 Å². The van der Waals surface area contributed by atoms with E-state index in [-0.39, 0.29) is 0 Å². The maximum Gasteiger partial charge on any atom is 0.0591 e. The molecule has 1 unspecified atom stereocenters. The number of hydrogen-bond acceptors (Lipinski definition) is 3. The van der Waals surface area contributed by atoms with Crippen molar-refractivity contribution in [3.8, 4) is 0 Å². The van der Waals surface area contributed by atoms with Gasteiger partial charge < -0.3 is 14.8 Å². The van der Waals surface area contributed by atoms with Crippen LogP contribution in [0.4, 0.5) is 0 Å². The number of ether oxygens (including phenoxy) is 2. The molecule has 0 rings (SSSR count). The fourth-order valence-electron chi connectivity index (χ4n) is 1.73. The van der Waals surface area contributed by atoms with Crippen molar-refractivity contribution in [1.29, 1.82) is 0 Å². The Bertz CT molecular complexity index is 142. The predicted octanol–water partition coefficient (Wildman–Crippen LogP) is 2.85. The molecule has 1 N–H and O–H groups in total. The van der Waals surface area contributed by atoms with Crippen LogP contribution >= 0.6 is 0 Å². The maximum atomic E-state index is 5.61. The van der Waals surface area contributed by atoms with Crippen LogP contribution in [0.2, 0.25) is 0 Å². The van der Waals surface area contributed by atoms with Gasteiger partial charge in [-0.2, -0.15) is 0 Å². The normalized spacial score (nSPS) is 12.9. The molecule has 104 valence electrons. The highest BCUT2D eigenvalue weighted by atomic mass is 16.5. The maximum absolute atomic E-state index is 5.61. The highest BCUT2D eigenvalue weighted by Crippen LogP contribution is 2.04. The zero-order chi connectivity index (χ0) is 12.8. The van der Waals surface area contributed by atoms with Gasteiger partial charge in [0.1, 0.15) is 0 Å².